The maximum Gasteiger partial charge on any atom is 0.251 e. The summed E-state index contributed by atoms with van der Waals surface area (Å²) in [4.78, 5) is 12.3. The number of carbonyl (C=O) groups excluding carboxylic acids is 1. The lowest BCUT2D eigenvalue weighted by Gasteiger charge is -2.15. The van der Waals surface area contributed by atoms with Gasteiger partial charge in [0.15, 0.2) is 0 Å². The molecule has 2 unspecified atom stereocenters. The minimum Gasteiger partial charge on any atom is -0.398 e. The number of thioether (sulfide) groups is 1. The summed E-state index contributed by atoms with van der Waals surface area (Å²) in [6.45, 7) is 4.08. The van der Waals surface area contributed by atoms with Crippen LogP contribution in [0.4, 0.5) is 5.69 Å². The Kier molecular flexibility index (Phi) is 4.75. The lowest BCUT2D eigenvalue weighted by Crippen LogP contribution is -2.33. The molecule has 1 aliphatic carbocycles. The van der Waals surface area contributed by atoms with Crippen molar-refractivity contribution in [3.8, 4) is 0 Å². The van der Waals surface area contributed by atoms with Crippen molar-refractivity contribution in [1.82, 2.24) is 5.32 Å². The van der Waals surface area contributed by atoms with Gasteiger partial charge in [0.25, 0.3) is 5.91 Å². The highest BCUT2D eigenvalue weighted by atomic mass is 32.2. The third-order valence-electron chi connectivity index (χ3n) is 3.74. The maximum absolute atomic E-state index is 12.3. The molecule has 1 saturated carbocycles. The van der Waals surface area contributed by atoms with Crippen LogP contribution in [0.2, 0.25) is 0 Å². The number of rotatable bonds is 4. The Bertz CT molecular complexity index is 461. The average Bonchev–Trinajstić information content (AvgIpc) is 2.80. The highest BCUT2D eigenvalue weighted by Crippen LogP contribution is 2.30. The number of hydrogen-bond donors (Lipinski definition) is 2. The van der Waals surface area contributed by atoms with E-state index in [9.17, 15) is 4.79 Å². The van der Waals surface area contributed by atoms with Gasteiger partial charge < -0.3 is 11.1 Å². The molecular formula is C15H22N2OS. The van der Waals surface area contributed by atoms with E-state index >= 15 is 0 Å². The van der Waals surface area contributed by atoms with E-state index in [1.807, 2.05) is 36.9 Å². The van der Waals surface area contributed by atoms with E-state index in [1.165, 1.54) is 6.42 Å². The molecule has 0 aromatic heterocycles. The quantitative estimate of drug-likeness (QED) is 0.833. The van der Waals surface area contributed by atoms with E-state index < -0.39 is 0 Å². The zero-order valence-corrected chi connectivity index (χ0v) is 12.4. The van der Waals surface area contributed by atoms with Crippen molar-refractivity contribution in [2.75, 3.05) is 11.5 Å². The van der Waals surface area contributed by atoms with E-state index in [4.69, 9.17) is 5.73 Å². The van der Waals surface area contributed by atoms with Gasteiger partial charge in [-0.1, -0.05) is 13.0 Å². The second-order valence-corrected chi connectivity index (χ2v) is 6.66. The molecule has 0 radical (unpaired) electrons. The average molecular weight is 278 g/mol. The molecule has 104 valence electrons. The first kappa shape index (κ1) is 14.3. The molecule has 1 amide bonds. The van der Waals surface area contributed by atoms with Gasteiger partial charge in [0.2, 0.25) is 0 Å². The number of nitrogens with one attached hydrogen (secondary N) is 1. The van der Waals surface area contributed by atoms with Crippen LogP contribution in [0.15, 0.2) is 18.2 Å². The van der Waals surface area contributed by atoms with Crippen LogP contribution in [0.5, 0.6) is 0 Å². The van der Waals surface area contributed by atoms with Gasteiger partial charge in [-0.05, 0) is 49.6 Å². The van der Waals surface area contributed by atoms with E-state index in [0.717, 1.165) is 24.2 Å². The SMILES string of the molecule is CCSC1CCC(NC(=O)c2cccc(N)c2C)C1. The minimum absolute atomic E-state index is 0.0111. The number of nitrogens with two attached hydrogens (primary N) is 1. The Hall–Kier alpha value is -1.16. The van der Waals surface area contributed by atoms with E-state index in [0.29, 0.717) is 22.5 Å². The molecule has 0 aliphatic heterocycles. The van der Waals surface area contributed by atoms with Gasteiger partial charge >= 0.3 is 0 Å². The van der Waals surface area contributed by atoms with E-state index in [1.54, 1.807) is 0 Å². The number of nitrogen functional groups attached to an aromatic ring is 1. The fourth-order valence-electron chi connectivity index (χ4n) is 2.62. The molecule has 1 aliphatic rings. The first-order valence-electron chi connectivity index (χ1n) is 6.89. The minimum atomic E-state index is 0.0111. The predicted octanol–water partition coefficient (Wildman–Crippen LogP) is 2.98. The highest BCUT2D eigenvalue weighted by Gasteiger charge is 2.26. The van der Waals surface area contributed by atoms with Gasteiger partial charge in [0.05, 0.1) is 0 Å². The van der Waals surface area contributed by atoms with Crippen LogP contribution in [-0.2, 0) is 0 Å². The monoisotopic (exact) mass is 278 g/mol. The summed E-state index contributed by atoms with van der Waals surface area (Å²) in [6.07, 6.45) is 3.38. The zero-order valence-electron chi connectivity index (χ0n) is 11.6. The van der Waals surface area contributed by atoms with E-state index in [2.05, 4.69) is 12.2 Å². The zero-order chi connectivity index (χ0) is 13.8. The van der Waals surface area contributed by atoms with Crippen LogP contribution in [0.3, 0.4) is 0 Å². The molecule has 1 aromatic rings. The molecule has 3 N–H and O–H groups in total. The third-order valence-corrected chi connectivity index (χ3v) is 4.98. The summed E-state index contributed by atoms with van der Waals surface area (Å²) in [7, 11) is 0. The van der Waals surface area contributed by atoms with Crippen LogP contribution in [0.25, 0.3) is 0 Å². The number of amides is 1. The number of carbonyl (C=O) groups is 1. The topological polar surface area (TPSA) is 55.1 Å². The molecule has 4 heteroatoms. The van der Waals surface area contributed by atoms with Gasteiger partial charge in [-0.2, -0.15) is 11.8 Å². The summed E-state index contributed by atoms with van der Waals surface area (Å²) in [5.74, 6) is 1.16. The van der Waals surface area contributed by atoms with Crippen LogP contribution >= 0.6 is 11.8 Å². The van der Waals surface area contributed by atoms with Gasteiger partial charge in [-0.3, -0.25) is 4.79 Å². The van der Waals surface area contributed by atoms with Crippen molar-refractivity contribution in [1.29, 1.82) is 0 Å². The number of hydrogen-bond acceptors (Lipinski definition) is 3. The lowest BCUT2D eigenvalue weighted by atomic mass is 10.1. The summed E-state index contributed by atoms with van der Waals surface area (Å²) in [5.41, 5.74) is 8.10. The molecule has 3 nitrogen and oxygen atoms in total. The Morgan fingerprint density at radius 3 is 3.00 bits per heavy atom. The first-order valence-corrected chi connectivity index (χ1v) is 7.94. The van der Waals surface area contributed by atoms with Crippen LogP contribution in [0, 0.1) is 6.92 Å². The van der Waals surface area contributed by atoms with Crippen LogP contribution < -0.4 is 11.1 Å². The predicted molar refractivity (Wildman–Crippen MR) is 82.6 cm³/mol. The lowest BCUT2D eigenvalue weighted by molar-refractivity contribution is 0.0937. The summed E-state index contributed by atoms with van der Waals surface area (Å²) < 4.78 is 0. The van der Waals surface area contributed by atoms with Crippen molar-refractivity contribution in [2.24, 2.45) is 0 Å². The number of benzene rings is 1. The van der Waals surface area contributed by atoms with Gasteiger partial charge in [0.1, 0.15) is 0 Å². The summed E-state index contributed by atoms with van der Waals surface area (Å²) >= 11 is 2.00. The van der Waals surface area contributed by atoms with Crippen molar-refractivity contribution in [3.05, 3.63) is 29.3 Å². The van der Waals surface area contributed by atoms with Gasteiger partial charge in [-0.25, -0.2) is 0 Å². The molecule has 19 heavy (non-hydrogen) atoms. The van der Waals surface area contributed by atoms with Crippen molar-refractivity contribution in [2.45, 2.75) is 44.4 Å². The number of anilines is 1. The Morgan fingerprint density at radius 1 is 1.47 bits per heavy atom. The molecule has 0 spiro atoms. The normalized spacial score (nSPS) is 22.4. The smallest absolute Gasteiger partial charge is 0.251 e. The molecule has 1 aromatic carbocycles. The Balaban J connectivity index is 1.97. The summed E-state index contributed by atoms with van der Waals surface area (Å²) in [6, 6.07) is 5.82. The van der Waals surface area contributed by atoms with Crippen LogP contribution in [-0.4, -0.2) is 23.0 Å². The molecule has 2 rings (SSSR count). The van der Waals surface area contributed by atoms with Gasteiger partial charge in [-0.15, -0.1) is 0 Å². The third kappa shape index (κ3) is 3.44. The van der Waals surface area contributed by atoms with Crippen LogP contribution in [0.1, 0.15) is 42.1 Å². The Labute approximate surface area is 119 Å². The van der Waals surface area contributed by atoms with Crippen molar-refractivity contribution >= 4 is 23.4 Å². The maximum atomic E-state index is 12.3. The molecular weight excluding hydrogens is 256 g/mol. The van der Waals surface area contributed by atoms with Crippen molar-refractivity contribution < 1.29 is 4.79 Å². The van der Waals surface area contributed by atoms with Crippen molar-refractivity contribution in [3.63, 3.8) is 0 Å². The molecule has 0 saturated heterocycles. The fraction of sp³-hybridized carbons (Fsp3) is 0.533. The molecule has 0 bridgehead atoms. The molecule has 1 fully saturated rings. The fourth-order valence-corrected chi connectivity index (χ4v) is 3.76. The Morgan fingerprint density at radius 2 is 2.26 bits per heavy atom. The highest BCUT2D eigenvalue weighted by molar-refractivity contribution is 7.99. The van der Waals surface area contributed by atoms with Gasteiger partial charge in [0, 0.05) is 22.5 Å². The second-order valence-electron chi connectivity index (χ2n) is 5.08. The molecule has 0 heterocycles. The first-order chi connectivity index (χ1) is 9.11. The van der Waals surface area contributed by atoms with E-state index in [-0.39, 0.29) is 5.91 Å². The standard InChI is InChI=1S/C15H22N2OS/c1-3-19-12-8-7-11(9-12)17-15(18)13-5-4-6-14(16)10(13)2/h4-6,11-12H,3,7-9,16H2,1-2H3,(H,17,18). The summed E-state index contributed by atoms with van der Waals surface area (Å²) in [5, 5.41) is 3.85. The molecule has 2 atom stereocenters. The largest absolute Gasteiger partial charge is 0.398 e. The second kappa shape index (κ2) is 6.33.